The zero-order chi connectivity index (χ0) is 12.7. The number of hydrogen-bond donors (Lipinski definition) is 0. The lowest BCUT2D eigenvalue weighted by atomic mass is 10.3. The maximum atomic E-state index is 12.4. The molecule has 1 aliphatic heterocycles. The van der Waals surface area contributed by atoms with Crippen LogP contribution in [0.15, 0.2) is 24.3 Å². The van der Waals surface area contributed by atoms with Gasteiger partial charge in [-0.15, -0.1) is 12.4 Å². The van der Waals surface area contributed by atoms with Crippen molar-refractivity contribution in [3.8, 4) is 0 Å². The summed E-state index contributed by atoms with van der Waals surface area (Å²) in [5, 5.41) is 12.2. The minimum Gasteiger partial charge on any atom is -0.805 e. The molecule has 0 atom stereocenters. The summed E-state index contributed by atoms with van der Waals surface area (Å²) in [7, 11) is 0. The van der Waals surface area contributed by atoms with E-state index in [1.807, 2.05) is 4.90 Å². The molecule has 3 rings (SSSR count). The van der Waals surface area contributed by atoms with E-state index in [1.54, 1.807) is 31.2 Å². The lowest BCUT2D eigenvalue weighted by Crippen LogP contribution is -2.33. The van der Waals surface area contributed by atoms with Gasteiger partial charge < -0.3 is 9.94 Å². The second-order valence-electron chi connectivity index (χ2n) is 4.68. The van der Waals surface area contributed by atoms with E-state index in [1.165, 1.54) is 0 Å². The molecule has 19 heavy (non-hydrogen) atoms. The molecule has 102 valence electrons. The number of benzene rings is 1. The highest BCUT2D eigenvalue weighted by Gasteiger charge is 2.27. The molecule has 1 fully saturated rings. The molecular formula is C13H16ClN3O2. The number of hydrogen-bond acceptors (Lipinski definition) is 3. The first-order valence-corrected chi connectivity index (χ1v) is 6.19. The van der Waals surface area contributed by atoms with Crippen molar-refractivity contribution >= 4 is 29.3 Å². The van der Waals surface area contributed by atoms with Crippen molar-refractivity contribution in [3.05, 3.63) is 40.1 Å². The number of para-hydroxylation sites is 2. The van der Waals surface area contributed by atoms with Gasteiger partial charge in [-0.3, -0.25) is 4.90 Å². The number of nitrogens with zero attached hydrogens (tertiary/aromatic N) is 3. The van der Waals surface area contributed by atoms with Crippen LogP contribution < -0.4 is 9.33 Å². The van der Waals surface area contributed by atoms with Gasteiger partial charge in [-0.2, -0.15) is 0 Å². The molecule has 5 nitrogen and oxygen atoms in total. The summed E-state index contributed by atoms with van der Waals surface area (Å²) >= 11 is 0. The lowest BCUT2D eigenvalue weighted by Gasteiger charge is -2.20. The van der Waals surface area contributed by atoms with Gasteiger partial charge in [0.05, 0.1) is 18.6 Å². The molecule has 0 spiro atoms. The van der Waals surface area contributed by atoms with Crippen molar-refractivity contribution in [2.45, 2.75) is 19.8 Å². The van der Waals surface area contributed by atoms with Crippen LogP contribution in [0.2, 0.25) is 0 Å². The minimum absolute atomic E-state index is 0. The first-order chi connectivity index (χ1) is 8.70. The van der Waals surface area contributed by atoms with Crippen LogP contribution in [-0.4, -0.2) is 17.8 Å². The Morgan fingerprint density at radius 1 is 1.21 bits per heavy atom. The predicted molar refractivity (Wildman–Crippen MR) is 77.5 cm³/mol. The largest absolute Gasteiger partial charge is 0.805 e. The van der Waals surface area contributed by atoms with Crippen molar-refractivity contribution < 1.29 is 4.43 Å². The smallest absolute Gasteiger partial charge is 0.341 e. The van der Waals surface area contributed by atoms with Crippen LogP contribution in [0.1, 0.15) is 18.5 Å². The van der Waals surface area contributed by atoms with E-state index in [4.69, 9.17) is 0 Å². The van der Waals surface area contributed by atoms with Crippen LogP contribution in [0, 0.1) is 17.0 Å². The normalized spacial score (nSPS) is 14.7. The first-order valence-electron chi connectivity index (χ1n) is 6.19. The maximum Gasteiger partial charge on any atom is 0.341 e. The van der Waals surface area contributed by atoms with Crippen LogP contribution in [0.3, 0.4) is 0 Å². The van der Waals surface area contributed by atoms with Gasteiger partial charge in [-0.25, -0.2) is 0 Å². The summed E-state index contributed by atoms with van der Waals surface area (Å²) in [6.07, 6.45) is 2.15. The zero-order valence-corrected chi connectivity index (χ0v) is 11.5. The lowest BCUT2D eigenvalue weighted by molar-refractivity contribution is -0.451. The summed E-state index contributed by atoms with van der Waals surface area (Å²) < 4.78 is 1.75. The van der Waals surface area contributed by atoms with Gasteiger partial charge in [0.2, 0.25) is 5.52 Å². The fourth-order valence-electron chi connectivity index (χ4n) is 2.63. The quantitative estimate of drug-likeness (QED) is 0.753. The van der Waals surface area contributed by atoms with E-state index >= 15 is 0 Å². The number of anilines is 1. The van der Waals surface area contributed by atoms with Crippen molar-refractivity contribution in [1.82, 2.24) is 4.73 Å². The Bertz CT molecular complexity index is 663. The number of rotatable bonds is 1. The molecule has 0 bridgehead atoms. The molecule has 1 saturated heterocycles. The van der Waals surface area contributed by atoms with Gasteiger partial charge >= 0.3 is 5.82 Å². The van der Waals surface area contributed by atoms with Gasteiger partial charge in [-0.05, 0) is 31.9 Å². The average molecular weight is 282 g/mol. The standard InChI is InChI=1S/C13H15N3O2.ClH/c1-10-13(14-8-4-5-9-14)16(18)12-7-3-2-6-11(12)15(10)17;/h2-3,6-7H,4-5,8-9H2,1H3;1H. The SMILES string of the molecule is Cc1c(N2CCCC2)[n+](=O)c2ccccc2n1[O-].Cl. The molecule has 1 aromatic carbocycles. The molecule has 6 heteroatoms. The topological polar surface area (TPSA) is 54.2 Å². The highest BCUT2D eigenvalue weighted by molar-refractivity contribution is 5.85. The van der Waals surface area contributed by atoms with Crippen molar-refractivity contribution in [3.63, 3.8) is 0 Å². The third kappa shape index (κ3) is 2.04. The van der Waals surface area contributed by atoms with E-state index in [0.29, 0.717) is 22.5 Å². The van der Waals surface area contributed by atoms with Gasteiger partial charge in [0.15, 0.2) is 0 Å². The Morgan fingerprint density at radius 3 is 2.53 bits per heavy atom. The van der Waals surface area contributed by atoms with Crippen LogP contribution in [-0.2, 0) is 0 Å². The summed E-state index contributed by atoms with van der Waals surface area (Å²) in [4.78, 5) is 14.4. The van der Waals surface area contributed by atoms with Crippen LogP contribution in [0.25, 0.3) is 11.0 Å². The van der Waals surface area contributed by atoms with Gasteiger partial charge in [0, 0.05) is 4.43 Å². The summed E-state index contributed by atoms with van der Waals surface area (Å²) in [6.45, 7) is 3.41. The predicted octanol–water partition coefficient (Wildman–Crippen LogP) is 2.23. The van der Waals surface area contributed by atoms with E-state index in [0.717, 1.165) is 35.1 Å². The van der Waals surface area contributed by atoms with Gasteiger partial charge in [0.1, 0.15) is 5.69 Å². The minimum atomic E-state index is 0. The monoisotopic (exact) mass is 281 g/mol. The molecular weight excluding hydrogens is 266 g/mol. The molecule has 0 unspecified atom stereocenters. The summed E-state index contributed by atoms with van der Waals surface area (Å²) in [6, 6.07) is 6.92. The highest BCUT2D eigenvalue weighted by Crippen LogP contribution is 2.22. The second kappa shape index (κ2) is 5.09. The average Bonchev–Trinajstić information content (AvgIpc) is 2.90. The Kier molecular flexibility index (Phi) is 3.66. The van der Waals surface area contributed by atoms with E-state index < -0.39 is 0 Å². The Balaban J connectivity index is 0.00000133. The van der Waals surface area contributed by atoms with E-state index in [2.05, 4.69) is 0 Å². The first kappa shape index (κ1) is 13.7. The Hall–Kier alpha value is -1.75. The summed E-state index contributed by atoms with van der Waals surface area (Å²) in [5.74, 6) is 0.501. The number of fused-ring (bicyclic) bond motifs is 1. The maximum absolute atomic E-state index is 12.4. The Morgan fingerprint density at radius 2 is 1.84 bits per heavy atom. The third-order valence-electron chi connectivity index (χ3n) is 3.55. The highest BCUT2D eigenvalue weighted by atomic mass is 35.5. The molecule has 1 aromatic heterocycles. The van der Waals surface area contributed by atoms with Crippen molar-refractivity contribution in [2.24, 2.45) is 0 Å². The Labute approximate surface area is 117 Å². The fraction of sp³-hybridized carbons (Fsp3) is 0.385. The molecule has 0 amide bonds. The van der Waals surface area contributed by atoms with Crippen LogP contribution in [0.4, 0.5) is 5.82 Å². The van der Waals surface area contributed by atoms with Crippen molar-refractivity contribution in [1.29, 1.82) is 0 Å². The molecule has 1 aliphatic rings. The van der Waals surface area contributed by atoms with Crippen LogP contribution in [0.5, 0.6) is 0 Å². The second-order valence-corrected chi connectivity index (χ2v) is 4.68. The van der Waals surface area contributed by atoms with Crippen LogP contribution >= 0.6 is 12.4 Å². The van der Waals surface area contributed by atoms with Gasteiger partial charge in [0.25, 0.3) is 0 Å². The van der Waals surface area contributed by atoms with Gasteiger partial charge in [-0.1, -0.05) is 17.0 Å². The number of aromatic nitrogens is 2. The molecule has 0 N–H and O–H groups in total. The number of halogens is 1. The molecule has 0 aliphatic carbocycles. The molecule has 0 saturated carbocycles. The van der Waals surface area contributed by atoms with E-state index in [-0.39, 0.29) is 12.4 Å². The zero-order valence-electron chi connectivity index (χ0n) is 10.7. The molecule has 0 radical (unpaired) electrons. The third-order valence-corrected chi connectivity index (χ3v) is 3.55. The summed E-state index contributed by atoms with van der Waals surface area (Å²) in [5.41, 5.74) is 1.33. The van der Waals surface area contributed by atoms with E-state index in [9.17, 15) is 10.1 Å². The molecule has 2 aromatic rings. The van der Waals surface area contributed by atoms with Crippen molar-refractivity contribution in [2.75, 3.05) is 18.0 Å². The molecule has 2 heterocycles. The fourth-order valence-corrected chi connectivity index (χ4v) is 2.63.